The van der Waals surface area contributed by atoms with E-state index in [2.05, 4.69) is 0 Å². The van der Waals surface area contributed by atoms with E-state index in [-0.39, 0.29) is 5.56 Å². The average molecular weight is 448 g/mol. The van der Waals surface area contributed by atoms with Crippen molar-refractivity contribution in [2.75, 3.05) is 13.7 Å². The molecular formula is C24H22ClN5O2. The lowest BCUT2D eigenvalue weighted by Crippen LogP contribution is -2.26. The van der Waals surface area contributed by atoms with Crippen LogP contribution in [0.25, 0.3) is 38.9 Å². The van der Waals surface area contributed by atoms with Crippen LogP contribution >= 0.6 is 11.6 Å². The number of para-hydroxylation sites is 2. The lowest BCUT2D eigenvalue weighted by Gasteiger charge is -2.12. The smallest absolute Gasteiger partial charge is 0.265 e. The Kier molecular flexibility index (Phi) is 5.36. The number of hydrogen-bond donors (Lipinski definition) is 0. The molecule has 0 spiro atoms. The molecule has 0 atom stereocenters. The van der Waals surface area contributed by atoms with Crippen LogP contribution in [0.4, 0.5) is 0 Å². The van der Waals surface area contributed by atoms with Crippen LogP contribution in [-0.4, -0.2) is 37.8 Å². The van der Waals surface area contributed by atoms with Crippen molar-refractivity contribution in [1.82, 2.24) is 24.1 Å². The third-order valence-electron chi connectivity index (χ3n) is 5.55. The number of methoxy groups -OCH3 is 1. The number of rotatable bonds is 6. The molecule has 7 nitrogen and oxygen atoms in total. The second-order valence-corrected chi connectivity index (χ2v) is 8.02. The molecule has 0 amide bonds. The van der Waals surface area contributed by atoms with E-state index in [1.165, 1.54) is 0 Å². The summed E-state index contributed by atoms with van der Waals surface area (Å²) in [6.07, 6.45) is 1.34. The van der Waals surface area contributed by atoms with Gasteiger partial charge in [-0.3, -0.25) is 13.9 Å². The van der Waals surface area contributed by atoms with Crippen LogP contribution in [0.15, 0.2) is 53.3 Å². The molecule has 3 heterocycles. The molecule has 0 bridgehead atoms. The molecule has 32 heavy (non-hydrogen) atoms. The Morgan fingerprint density at radius 2 is 1.78 bits per heavy atom. The molecule has 0 saturated heterocycles. The van der Waals surface area contributed by atoms with Gasteiger partial charge in [0.25, 0.3) is 5.56 Å². The summed E-state index contributed by atoms with van der Waals surface area (Å²) in [6, 6.07) is 15.1. The summed E-state index contributed by atoms with van der Waals surface area (Å²) in [5.74, 6) is 0.717. The minimum atomic E-state index is -0.113. The molecule has 0 radical (unpaired) electrons. The van der Waals surface area contributed by atoms with Gasteiger partial charge in [-0.2, -0.15) is 0 Å². The molecule has 0 saturated carbocycles. The second kappa shape index (κ2) is 8.33. The largest absolute Gasteiger partial charge is 0.385 e. The van der Waals surface area contributed by atoms with Gasteiger partial charge < -0.3 is 4.74 Å². The first-order valence-electron chi connectivity index (χ1n) is 10.6. The van der Waals surface area contributed by atoms with Crippen molar-refractivity contribution in [3.8, 4) is 5.69 Å². The van der Waals surface area contributed by atoms with E-state index in [4.69, 9.17) is 31.3 Å². The summed E-state index contributed by atoms with van der Waals surface area (Å²) in [5.41, 5.74) is 3.83. The maximum atomic E-state index is 13.7. The third-order valence-corrected chi connectivity index (χ3v) is 5.79. The van der Waals surface area contributed by atoms with Gasteiger partial charge in [0, 0.05) is 31.7 Å². The zero-order valence-electron chi connectivity index (χ0n) is 17.9. The number of hydrogen-bond acceptors (Lipinski definition) is 5. The number of nitrogens with zero attached hydrogens (tertiary/aromatic N) is 5. The van der Waals surface area contributed by atoms with E-state index in [9.17, 15) is 4.79 Å². The average Bonchev–Trinajstić information content (AvgIpc) is 3.12. The van der Waals surface area contributed by atoms with Crippen molar-refractivity contribution in [1.29, 1.82) is 0 Å². The van der Waals surface area contributed by atoms with Gasteiger partial charge in [0.1, 0.15) is 16.7 Å². The molecule has 0 unspecified atom stereocenters. The number of aromatic nitrogens is 5. The van der Waals surface area contributed by atoms with Gasteiger partial charge in [-0.25, -0.2) is 15.0 Å². The first-order valence-corrected chi connectivity index (χ1v) is 11.0. The first kappa shape index (κ1) is 20.6. The number of halogens is 1. The van der Waals surface area contributed by atoms with Crippen molar-refractivity contribution < 1.29 is 4.74 Å². The number of fused-ring (bicyclic) bond motifs is 4. The van der Waals surface area contributed by atoms with E-state index in [0.29, 0.717) is 52.6 Å². The highest BCUT2D eigenvalue weighted by molar-refractivity contribution is 6.30. The van der Waals surface area contributed by atoms with Crippen LogP contribution in [-0.2, 0) is 17.7 Å². The highest BCUT2D eigenvalue weighted by Crippen LogP contribution is 2.29. The molecular weight excluding hydrogens is 426 g/mol. The maximum Gasteiger partial charge on any atom is 0.265 e. The van der Waals surface area contributed by atoms with Crippen LogP contribution < -0.4 is 5.56 Å². The predicted molar refractivity (Wildman–Crippen MR) is 127 cm³/mol. The van der Waals surface area contributed by atoms with Gasteiger partial charge in [0.05, 0.1) is 16.7 Å². The Morgan fingerprint density at radius 3 is 2.50 bits per heavy atom. The van der Waals surface area contributed by atoms with Crippen LogP contribution in [0.5, 0.6) is 0 Å². The summed E-state index contributed by atoms with van der Waals surface area (Å²) in [4.78, 5) is 28.4. The Morgan fingerprint density at radius 1 is 1.00 bits per heavy atom. The highest BCUT2D eigenvalue weighted by atomic mass is 35.5. The quantitative estimate of drug-likeness (QED) is 0.357. The van der Waals surface area contributed by atoms with Gasteiger partial charge >= 0.3 is 0 Å². The van der Waals surface area contributed by atoms with Gasteiger partial charge in [0.2, 0.25) is 0 Å². The molecule has 5 aromatic rings. The number of benzene rings is 2. The maximum absolute atomic E-state index is 13.7. The van der Waals surface area contributed by atoms with Crippen molar-refractivity contribution in [2.45, 2.75) is 26.3 Å². The molecule has 162 valence electrons. The fourth-order valence-corrected chi connectivity index (χ4v) is 4.28. The van der Waals surface area contributed by atoms with Crippen molar-refractivity contribution in [2.24, 2.45) is 0 Å². The lowest BCUT2D eigenvalue weighted by atomic mass is 10.2. The van der Waals surface area contributed by atoms with E-state index >= 15 is 0 Å². The zero-order chi connectivity index (χ0) is 22.2. The normalized spacial score (nSPS) is 11.7. The molecule has 0 aliphatic carbocycles. The minimum absolute atomic E-state index is 0.113. The molecule has 0 N–H and O–H groups in total. The molecule has 8 heteroatoms. The number of ether oxygens (including phenoxy) is 1. The van der Waals surface area contributed by atoms with Gasteiger partial charge in [-0.15, -0.1) is 0 Å². The first-order chi connectivity index (χ1) is 15.6. The fourth-order valence-electron chi connectivity index (χ4n) is 4.10. The third kappa shape index (κ3) is 3.34. The number of aryl methyl sites for hydroxylation is 1. The molecule has 2 aromatic carbocycles. The Hall–Kier alpha value is -3.29. The summed E-state index contributed by atoms with van der Waals surface area (Å²) in [5, 5.41) is 1.06. The Balaban J connectivity index is 1.93. The minimum Gasteiger partial charge on any atom is -0.385 e. The molecule has 0 aliphatic rings. The SMILES string of the molecule is CCc1nc2c(c(=O)n1CCCOC)c1nc3ccccc3nc1n2-c1cccc(Cl)c1. The monoisotopic (exact) mass is 447 g/mol. The van der Waals surface area contributed by atoms with Crippen LogP contribution in [0.1, 0.15) is 19.2 Å². The van der Waals surface area contributed by atoms with Crippen LogP contribution in [0, 0.1) is 0 Å². The summed E-state index contributed by atoms with van der Waals surface area (Å²) in [7, 11) is 1.66. The van der Waals surface area contributed by atoms with Crippen molar-refractivity contribution >= 4 is 44.8 Å². The topological polar surface area (TPSA) is 74.8 Å². The molecule has 5 rings (SSSR count). The summed E-state index contributed by atoms with van der Waals surface area (Å²) in [6.45, 7) is 3.10. The van der Waals surface area contributed by atoms with Gasteiger partial charge in [0.15, 0.2) is 11.3 Å². The summed E-state index contributed by atoms with van der Waals surface area (Å²) >= 11 is 6.30. The van der Waals surface area contributed by atoms with E-state index in [1.807, 2.05) is 60.0 Å². The molecule has 3 aromatic heterocycles. The standard InChI is InChI=1S/C24H22ClN5O2/c1-3-19-28-22-20(24(31)29(19)12-7-13-32-2)21-23(27-18-11-5-4-10-17(18)26-21)30(22)16-9-6-8-15(25)14-16/h4-6,8-11,14H,3,7,12-13H2,1-2H3. The van der Waals surface area contributed by atoms with Gasteiger partial charge in [-0.05, 0) is 36.8 Å². The Bertz CT molecular complexity index is 1520. The summed E-state index contributed by atoms with van der Waals surface area (Å²) < 4.78 is 8.80. The van der Waals surface area contributed by atoms with E-state index in [1.54, 1.807) is 11.7 Å². The van der Waals surface area contributed by atoms with Gasteiger partial charge in [-0.1, -0.05) is 36.7 Å². The zero-order valence-corrected chi connectivity index (χ0v) is 18.6. The Labute approximate surface area is 189 Å². The van der Waals surface area contributed by atoms with Crippen molar-refractivity contribution in [3.05, 3.63) is 69.7 Å². The predicted octanol–water partition coefficient (Wildman–Crippen LogP) is 4.54. The second-order valence-electron chi connectivity index (χ2n) is 7.58. The van der Waals surface area contributed by atoms with Crippen molar-refractivity contribution in [3.63, 3.8) is 0 Å². The highest BCUT2D eigenvalue weighted by Gasteiger charge is 2.22. The van der Waals surface area contributed by atoms with E-state index < -0.39 is 0 Å². The van der Waals surface area contributed by atoms with E-state index in [0.717, 1.165) is 23.1 Å². The van der Waals surface area contributed by atoms with Crippen LogP contribution in [0.3, 0.4) is 0 Å². The van der Waals surface area contributed by atoms with Crippen LogP contribution in [0.2, 0.25) is 5.02 Å². The lowest BCUT2D eigenvalue weighted by molar-refractivity contribution is 0.189. The fraction of sp³-hybridized carbons (Fsp3) is 0.250. The molecule has 0 fully saturated rings. The molecule has 0 aliphatic heterocycles.